The van der Waals surface area contributed by atoms with Gasteiger partial charge in [-0.3, -0.25) is 0 Å². The molecule has 2 fully saturated rings. The Morgan fingerprint density at radius 1 is 1.17 bits per heavy atom. The molecular formula is C15H30N2O. The van der Waals surface area contributed by atoms with E-state index in [1.165, 1.54) is 51.5 Å². The van der Waals surface area contributed by atoms with Gasteiger partial charge in [-0.25, -0.2) is 0 Å². The summed E-state index contributed by atoms with van der Waals surface area (Å²) >= 11 is 0. The first kappa shape index (κ1) is 14.3. The lowest BCUT2D eigenvalue weighted by molar-refractivity contribution is 0.0495. The minimum atomic E-state index is -0.109. The Balaban J connectivity index is 1.70. The van der Waals surface area contributed by atoms with Crippen molar-refractivity contribution < 1.29 is 5.11 Å². The molecule has 1 aliphatic heterocycles. The Morgan fingerprint density at radius 3 is 2.50 bits per heavy atom. The molecule has 0 aromatic rings. The van der Waals surface area contributed by atoms with Crippen LogP contribution in [-0.2, 0) is 0 Å². The third-order valence-corrected chi connectivity index (χ3v) is 4.89. The van der Waals surface area contributed by atoms with Crippen molar-refractivity contribution in [3.05, 3.63) is 0 Å². The monoisotopic (exact) mass is 254 g/mol. The van der Waals surface area contributed by atoms with Crippen LogP contribution < -0.4 is 0 Å². The first-order valence-corrected chi connectivity index (χ1v) is 7.73. The fourth-order valence-corrected chi connectivity index (χ4v) is 3.63. The van der Waals surface area contributed by atoms with Crippen molar-refractivity contribution in [3.8, 4) is 0 Å². The van der Waals surface area contributed by atoms with Crippen LogP contribution in [0.2, 0.25) is 0 Å². The first-order chi connectivity index (χ1) is 8.66. The van der Waals surface area contributed by atoms with E-state index in [2.05, 4.69) is 23.9 Å². The maximum absolute atomic E-state index is 10.3. The van der Waals surface area contributed by atoms with Gasteiger partial charge in [-0.05, 0) is 52.2 Å². The smallest absolute Gasteiger partial charge is 0.0695 e. The highest BCUT2D eigenvalue weighted by Crippen LogP contribution is 2.27. The molecule has 1 aliphatic carbocycles. The molecule has 0 aromatic heterocycles. The summed E-state index contributed by atoms with van der Waals surface area (Å²) in [5.74, 6) is 0.558. The average molecular weight is 254 g/mol. The molecule has 3 nitrogen and oxygen atoms in total. The summed E-state index contributed by atoms with van der Waals surface area (Å²) in [4.78, 5) is 4.80. The number of hydrogen-bond acceptors (Lipinski definition) is 3. The van der Waals surface area contributed by atoms with Gasteiger partial charge >= 0.3 is 0 Å². The molecule has 1 N–H and O–H groups in total. The van der Waals surface area contributed by atoms with E-state index in [0.717, 1.165) is 13.1 Å². The summed E-state index contributed by atoms with van der Waals surface area (Å²) in [6.45, 7) is 3.21. The molecule has 106 valence electrons. The number of aliphatic hydroxyl groups is 1. The minimum absolute atomic E-state index is 0.109. The fourth-order valence-electron chi connectivity index (χ4n) is 3.63. The molecule has 0 spiro atoms. The minimum Gasteiger partial charge on any atom is -0.392 e. The molecule has 0 aromatic carbocycles. The van der Waals surface area contributed by atoms with Gasteiger partial charge in [0.15, 0.2) is 0 Å². The second-order valence-corrected chi connectivity index (χ2v) is 6.46. The van der Waals surface area contributed by atoms with Crippen molar-refractivity contribution >= 4 is 0 Å². The lowest BCUT2D eigenvalue weighted by Gasteiger charge is -2.31. The number of nitrogens with zero attached hydrogens (tertiary/aromatic N) is 2. The highest BCUT2D eigenvalue weighted by atomic mass is 16.3. The van der Waals surface area contributed by atoms with Gasteiger partial charge in [-0.1, -0.05) is 19.3 Å². The molecule has 1 heterocycles. The second-order valence-electron chi connectivity index (χ2n) is 6.46. The van der Waals surface area contributed by atoms with E-state index < -0.39 is 0 Å². The highest BCUT2D eigenvalue weighted by Gasteiger charge is 2.25. The molecule has 1 saturated carbocycles. The molecule has 2 atom stereocenters. The lowest BCUT2D eigenvalue weighted by atomic mass is 9.85. The van der Waals surface area contributed by atoms with Crippen molar-refractivity contribution in [3.63, 3.8) is 0 Å². The van der Waals surface area contributed by atoms with Crippen molar-refractivity contribution in [1.82, 2.24) is 9.80 Å². The predicted molar refractivity (Wildman–Crippen MR) is 75.7 cm³/mol. The number of likely N-dealkylation sites (tertiary alicyclic amines) is 1. The summed E-state index contributed by atoms with van der Waals surface area (Å²) in [5, 5.41) is 10.3. The lowest BCUT2D eigenvalue weighted by Crippen LogP contribution is -2.41. The molecule has 1 saturated heterocycles. The maximum Gasteiger partial charge on any atom is 0.0695 e. The quantitative estimate of drug-likeness (QED) is 0.812. The Bertz CT molecular complexity index is 241. The largest absolute Gasteiger partial charge is 0.392 e. The van der Waals surface area contributed by atoms with Crippen molar-refractivity contribution in [2.75, 3.05) is 33.7 Å². The van der Waals surface area contributed by atoms with E-state index in [9.17, 15) is 5.11 Å². The molecule has 2 unspecified atom stereocenters. The third kappa shape index (κ3) is 3.94. The van der Waals surface area contributed by atoms with Gasteiger partial charge in [0.2, 0.25) is 0 Å². The number of likely N-dealkylation sites (N-methyl/N-ethyl adjacent to an activating group) is 2. The van der Waals surface area contributed by atoms with E-state index in [-0.39, 0.29) is 6.10 Å². The molecule has 2 aliphatic rings. The van der Waals surface area contributed by atoms with Gasteiger partial charge in [-0.2, -0.15) is 0 Å². The molecule has 0 radical (unpaired) electrons. The van der Waals surface area contributed by atoms with Crippen LogP contribution in [0.1, 0.15) is 44.9 Å². The molecule has 0 bridgehead atoms. The van der Waals surface area contributed by atoms with Crippen LogP contribution in [0.15, 0.2) is 0 Å². The van der Waals surface area contributed by atoms with Gasteiger partial charge in [-0.15, -0.1) is 0 Å². The summed E-state index contributed by atoms with van der Waals surface area (Å²) in [6.07, 6.45) is 9.01. The van der Waals surface area contributed by atoms with Crippen LogP contribution in [0.25, 0.3) is 0 Å². The Morgan fingerprint density at radius 2 is 1.89 bits per heavy atom. The molecule has 3 heteroatoms. The average Bonchev–Trinajstić information content (AvgIpc) is 2.76. The topological polar surface area (TPSA) is 26.7 Å². The van der Waals surface area contributed by atoms with Crippen LogP contribution in [0.5, 0.6) is 0 Å². The SMILES string of the molecule is CN(CC(O)C1CCCCC1)CC1CCCN1C. The van der Waals surface area contributed by atoms with E-state index >= 15 is 0 Å². The van der Waals surface area contributed by atoms with E-state index in [1.54, 1.807) is 0 Å². The fraction of sp³-hybridized carbons (Fsp3) is 1.00. The normalized spacial score (nSPS) is 29.0. The Kier molecular flexibility index (Phi) is 5.46. The van der Waals surface area contributed by atoms with Gasteiger partial charge in [0.05, 0.1) is 6.10 Å². The zero-order chi connectivity index (χ0) is 13.0. The first-order valence-electron chi connectivity index (χ1n) is 7.73. The standard InChI is InChI=1S/C15H30N2O/c1-16(11-14-9-6-10-17(14)2)12-15(18)13-7-4-3-5-8-13/h13-15,18H,3-12H2,1-2H3. The van der Waals surface area contributed by atoms with Gasteiger partial charge in [0.25, 0.3) is 0 Å². The summed E-state index contributed by atoms with van der Waals surface area (Å²) in [7, 11) is 4.39. The summed E-state index contributed by atoms with van der Waals surface area (Å²) in [5.41, 5.74) is 0. The number of aliphatic hydroxyl groups excluding tert-OH is 1. The maximum atomic E-state index is 10.3. The Labute approximate surface area is 112 Å². The van der Waals surface area contributed by atoms with Crippen molar-refractivity contribution in [2.24, 2.45) is 5.92 Å². The van der Waals surface area contributed by atoms with Crippen LogP contribution in [-0.4, -0.2) is 60.8 Å². The summed E-state index contributed by atoms with van der Waals surface area (Å²) in [6, 6.07) is 0.702. The Hall–Kier alpha value is -0.120. The van der Waals surface area contributed by atoms with Crippen LogP contribution in [0.3, 0.4) is 0 Å². The molecule has 2 rings (SSSR count). The van der Waals surface area contributed by atoms with Gasteiger partial charge < -0.3 is 14.9 Å². The zero-order valence-corrected chi connectivity index (χ0v) is 12.1. The zero-order valence-electron chi connectivity index (χ0n) is 12.1. The predicted octanol–water partition coefficient (Wildman–Crippen LogP) is 1.95. The van der Waals surface area contributed by atoms with Gasteiger partial charge in [0.1, 0.15) is 0 Å². The highest BCUT2D eigenvalue weighted by molar-refractivity contribution is 4.81. The van der Waals surface area contributed by atoms with E-state index in [4.69, 9.17) is 0 Å². The second kappa shape index (κ2) is 6.88. The molecule has 18 heavy (non-hydrogen) atoms. The summed E-state index contributed by atoms with van der Waals surface area (Å²) < 4.78 is 0. The van der Waals surface area contributed by atoms with E-state index in [0.29, 0.717) is 12.0 Å². The van der Waals surface area contributed by atoms with Crippen molar-refractivity contribution in [2.45, 2.75) is 57.1 Å². The van der Waals surface area contributed by atoms with Crippen LogP contribution in [0, 0.1) is 5.92 Å². The van der Waals surface area contributed by atoms with E-state index in [1.807, 2.05) is 0 Å². The molecule has 0 amide bonds. The van der Waals surface area contributed by atoms with Gasteiger partial charge in [0, 0.05) is 19.1 Å². The molecular weight excluding hydrogens is 224 g/mol. The number of rotatable bonds is 5. The third-order valence-electron chi connectivity index (χ3n) is 4.89. The number of hydrogen-bond donors (Lipinski definition) is 1. The van der Waals surface area contributed by atoms with Crippen molar-refractivity contribution in [1.29, 1.82) is 0 Å². The van der Waals surface area contributed by atoms with Crippen LogP contribution >= 0.6 is 0 Å². The van der Waals surface area contributed by atoms with Crippen LogP contribution in [0.4, 0.5) is 0 Å².